The van der Waals surface area contributed by atoms with Crippen molar-refractivity contribution in [3.8, 4) is 0 Å². The van der Waals surface area contributed by atoms with Gasteiger partial charge in [-0.25, -0.2) is 4.79 Å². The summed E-state index contributed by atoms with van der Waals surface area (Å²) in [5.74, 6) is -0.526. The number of carbonyl (C=O) groups is 2. The van der Waals surface area contributed by atoms with E-state index in [4.69, 9.17) is 4.74 Å². The number of ether oxygens (including phenoxy) is 1. The predicted octanol–water partition coefficient (Wildman–Crippen LogP) is 2.11. The van der Waals surface area contributed by atoms with Crippen molar-refractivity contribution in [2.24, 2.45) is 5.92 Å². The summed E-state index contributed by atoms with van der Waals surface area (Å²) in [5.41, 5.74) is 0.168. The Bertz CT molecular complexity index is 241. The Hall–Kier alpha value is -1.12. The summed E-state index contributed by atoms with van der Waals surface area (Å²) in [5, 5.41) is 0. The molecule has 0 bridgehead atoms. The van der Waals surface area contributed by atoms with E-state index in [9.17, 15) is 9.59 Å². The van der Waals surface area contributed by atoms with Crippen LogP contribution in [0.4, 0.5) is 0 Å². The Morgan fingerprint density at radius 1 is 1.36 bits per heavy atom. The van der Waals surface area contributed by atoms with E-state index in [-0.39, 0.29) is 17.3 Å². The Morgan fingerprint density at radius 2 is 1.93 bits per heavy atom. The first-order valence-corrected chi connectivity index (χ1v) is 4.92. The van der Waals surface area contributed by atoms with Crippen LogP contribution in [0.25, 0.3) is 0 Å². The lowest BCUT2D eigenvalue weighted by Gasteiger charge is -2.06. The zero-order chi connectivity index (χ0) is 11.1. The molecule has 0 amide bonds. The zero-order valence-corrected chi connectivity index (χ0v) is 9.29. The first kappa shape index (κ1) is 12.9. The summed E-state index contributed by atoms with van der Waals surface area (Å²) in [6.45, 7) is 7.36. The minimum absolute atomic E-state index is 0.168. The fourth-order valence-electron chi connectivity index (χ4n) is 0.940. The van der Waals surface area contributed by atoms with Gasteiger partial charge in [0, 0.05) is 0 Å². The van der Waals surface area contributed by atoms with E-state index in [1.807, 2.05) is 13.8 Å². The number of allylic oxidation sites excluding steroid dienone is 1. The van der Waals surface area contributed by atoms with Gasteiger partial charge in [-0.1, -0.05) is 26.3 Å². The Kier molecular flexibility index (Phi) is 5.84. The molecule has 0 saturated carbocycles. The van der Waals surface area contributed by atoms with Crippen LogP contribution in [0.3, 0.4) is 0 Å². The monoisotopic (exact) mass is 198 g/mol. The maximum Gasteiger partial charge on any atom is 0.341 e. The molecular formula is C11H18O3. The fraction of sp³-hybridized carbons (Fsp3) is 0.636. The van der Waals surface area contributed by atoms with E-state index < -0.39 is 5.97 Å². The maximum absolute atomic E-state index is 11.3. The molecule has 0 radical (unpaired) electrons. The lowest BCUT2D eigenvalue weighted by atomic mass is 10.0. The van der Waals surface area contributed by atoms with Gasteiger partial charge in [0.2, 0.25) is 0 Å². The van der Waals surface area contributed by atoms with Gasteiger partial charge in [-0.15, -0.1) is 0 Å². The Balaban J connectivity index is 4.67. The topological polar surface area (TPSA) is 43.4 Å². The molecule has 3 heteroatoms. The minimum Gasteiger partial charge on any atom is -0.462 e. The minimum atomic E-state index is -0.514. The molecule has 0 aliphatic rings. The van der Waals surface area contributed by atoms with Crippen molar-refractivity contribution >= 4 is 11.8 Å². The van der Waals surface area contributed by atoms with Crippen LogP contribution in [0.5, 0.6) is 0 Å². The van der Waals surface area contributed by atoms with Crippen molar-refractivity contribution < 1.29 is 14.3 Å². The standard InChI is InChI=1S/C11H18O3/c1-5-8(3)7-10(9(4)12)11(13)14-6-2/h7-8H,5-6H2,1-4H3/b10-7-. The molecule has 1 atom stereocenters. The largest absolute Gasteiger partial charge is 0.462 e. The molecule has 80 valence electrons. The molecule has 0 N–H and O–H groups in total. The molecule has 14 heavy (non-hydrogen) atoms. The van der Waals surface area contributed by atoms with E-state index >= 15 is 0 Å². The van der Waals surface area contributed by atoms with Crippen LogP contribution in [0.2, 0.25) is 0 Å². The second-order valence-electron chi connectivity index (χ2n) is 3.24. The number of carbonyl (C=O) groups excluding carboxylic acids is 2. The number of ketones is 1. The van der Waals surface area contributed by atoms with Gasteiger partial charge in [-0.3, -0.25) is 4.79 Å². The molecule has 0 aliphatic carbocycles. The average Bonchev–Trinajstić information content (AvgIpc) is 2.13. The Morgan fingerprint density at radius 3 is 2.29 bits per heavy atom. The molecular weight excluding hydrogens is 180 g/mol. The molecule has 0 aliphatic heterocycles. The summed E-state index contributed by atoms with van der Waals surface area (Å²) in [6.07, 6.45) is 2.58. The van der Waals surface area contributed by atoms with Crippen LogP contribution >= 0.6 is 0 Å². The third-order valence-electron chi connectivity index (χ3n) is 1.97. The van der Waals surface area contributed by atoms with Gasteiger partial charge in [-0.2, -0.15) is 0 Å². The highest BCUT2D eigenvalue weighted by Gasteiger charge is 2.15. The van der Waals surface area contributed by atoms with Crippen molar-refractivity contribution in [2.75, 3.05) is 6.61 Å². The summed E-state index contributed by atoms with van der Waals surface area (Å²) < 4.78 is 4.78. The van der Waals surface area contributed by atoms with Crippen LogP contribution < -0.4 is 0 Å². The molecule has 0 aromatic heterocycles. The van der Waals surface area contributed by atoms with Crippen LogP contribution in [-0.2, 0) is 14.3 Å². The van der Waals surface area contributed by atoms with E-state index in [1.54, 1.807) is 13.0 Å². The molecule has 0 heterocycles. The van der Waals surface area contributed by atoms with Crippen molar-refractivity contribution in [3.05, 3.63) is 11.6 Å². The molecule has 0 aromatic rings. The van der Waals surface area contributed by atoms with E-state index in [0.29, 0.717) is 6.61 Å². The van der Waals surface area contributed by atoms with Crippen molar-refractivity contribution in [3.63, 3.8) is 0 Å². The molecule has 0 rings (SSSR count). The number of rotatable bonds is 5. The smallest absolute Gasteiger partial charge is 0.341 e. The molecule has 1 unspecified atom stereocenters. The molecule has 3 nitrogen and oxygen atoms in total. The second-order valence-corrected chi connectivity index (χ2v) is 3.24. The van der Waals surface area contributed by atoms with Gasteiger partial charge < -0.3 is 4.74 Å². The van der Waals surface area contributed by atoms with Crippen LogP contribution in [0, 0.1) is 5.92 Å². The summed E-state index contributed by atoms with van der Waals surface area (Å²) in [6, 6.07) is 0. The number of hydrogen-bond acceptors (Lipinski definition) is 3. The normalized spacial score (nSPS) is 13.6. The van der Waals surface area contributed by atoms with Gasteiger partial charge in [-0.05, 0) is 19.8 Å². The summed E-state index contributed by atoms with van der Waals surface area (Å²) in [4.78, 5) is 22.5. The third-order valence-corrected chi connectivity index (χ3v) is 1.97. The SMILES string of the molecule is CCOC(=O)/C(=C\C(C)CC)C(C)=O. The lowest BCUT2D eigenvalue weighted by Crippen LogP contribution is -2.14. The van der Waals surface area contributed by atoms with Gasteiger partial charge in [0.15, 0.2) is 5.78 Å². The second kappa shape index (κ2) is 6.35. The average molecular weight is 198 g/mol. The van der Waals surface area contributed by atoms with Crippen molar-refractivity contribution in [2.45, 2.75) is 34.1 Å². The maximum atomic E-state index is 11.3. The van der Waals surface area contributed by atoms with E-state index in [2.05, 4.69) is 0 Å². The third kappa shape index (κ3) is 4.21. The number of esters is 1. The highest BCUT2D eigenvalue weighted by molar-refractivity contribution is 6.16. The fourth-order valence-corrected chi connectivity index (χ4v) is 0.940. The highest BCUT2D eigenvalue weighted by atomic mass is 16.5. The quantitative estimate of drug-likeness (QED) is 0.294. The van der Waals surface area contributed by atoms with Gasteiger partial charge in [0.05, 0.1) is 12.2 Å². The van der Waals surface area contributed by atoms with Gasteiger partial charge in [0.25, 0.3) is 0 Å². The molecule has 0 saturated heterocycles. The van der Waals surface area contributed by atoms with Crippen LogP contribution in [0.1, 0.15) is 34.1 Å². The van der Waals surface area contributed by atoms with Gasteiger partial charge >= 0.3 is 5.97 Å². The van der Waals surface area contributed by atoms with Gasteiger partial charge in [0.1, 0.15) is 0 Å². The van der Waals surface area contributed by atoms with E-state index in [0.717, 1.165) is 6.42 Å². The van der Waals surface area contributed by atoms with E-state index in [1.165, 1.54) is 6.92 Å². The number of Topliss-reactive ketones (excluding diaryl/α,β-unsaturated/α-hetero) is 1. The summed E-state index contributed by atoms with van der Waals surface area (Å²) in [7, 11) is 0. The first-order chi connectivity index (χ1) is 6.52. The van der Waals surface area contributed by atoms with Crippen molar-refractivity contribution in [1.82, 2.24) is 0 Å². The molecule has 0 fully saturated rings. The number of hydrogen-bond donors (Lipinski definition) is 0. The zero-order valence-electron chi connectivity index (χ0n) is 9.29. The first-order valence-electron chi connectivity index (χ1n) is 4.92. The molecule has 0 aromatic carbocycles. The summed E-state index contributed by atoms with van der Waals surface area (Å²) >= 11 is 0. The Labute approximate surface area is 85.1 Å². The predicted molar refractivity (Wildman–Crippen MR) is 54.9 cm³/mol. The highest BCUT2D eigenvalue weighted by Crippen LogP contribution is 2.09. The van der Waals surface area contributed by atoms with Crippen molar-refractivity contribution in [1.29, 1.82) is 0 Å². The lowest BCUT2D eigenvalue weighted by molar-refractivity contribution is -0.139. The van der Waals surface area contributed by atoms with Crippen LogP contribution in [0.15, 0.2) is 11.6 Å². The van der Waals surface area contributed by atoms with Crippen LogP contribution in [-0.4, -0.2) is 18.4 Å². The molecule has 0 spiro atoms.